The molecule has 15 heavy (non-hydrogen) atoms. The maximum atomic E-state index is 2.42. The van der Waals surface area contributed by atoms with Crippen LogP contribution in [0.15, 0.2) is 11.6 Å². The lowest BCUT2D eigenvalue weighted by molar-refractivity contribution is 0.439. The fraction of sp³-hybridized carbons (Fsp3) is 0.867. The van der Waals surface area contributed by atoms with Crippen LogP contribution in [0.25, 0.3) is 0 Å². The molecule has 0 heterocycles. The topological polar surface area (TPSA) is 0 Å². The Labute approximate surface area is 97.2 Å². The van der Waals surface area contributed by atoms with Crippen molar-refractivity contribution in [3.63, 3.8) is 0 Å². The maximum absolute atomic E-state index is 2.42. The summed E-state index contributed by atoms with van der Waals surface area (Å²) in [6.07, 6.45) is 10.5. The zero-order valence-electron chi connectivity index (χ0n) is 11.5. The zero-order chi connectivity index (χ0) is 11.7. The monoisotopic (exact) mass is 210 g/mol. The maximum Gasteiger partial charge on any atom is -0.0346 e. The molecule has 0 N–H and O–H groups in total. The first kappa shape index (κ1) is 14.7. The molecule has 0 heteroatoms. The molecule has 0 nitrogen and oxygen atoms in total. The molecule has 0 fully saturated rings. The van der Waals surface area contributed by atoms with Crippen molar-refractivity contribution in [3.05, 3.63) is 11.6 Å². The van der Waals surface area contributed by atoms with Crippen LogP contribution in [0.4, 0.5) is 0 Å². The Morgan fingerprint density at radius 2 is 1.73 bits per heavy atom. The number of allylic oxidation sites excluding steroid dienone is 2. The third-order valence-electron chi connectivity index (χ3n) is 3.19. The predicted octanol–water partition coefficient (Wildman–Crippen LogP) is 5.59. The summed E-state index contributed by atoms with van der Waals surface area (Å²) in [6.45, 7) is 11.5. The second kappa shape index (κ2) is 9.00. The fourth-order valence-corrected chi connectivity index (χ4v) is 1.78. The van der Waals surface area contributed by atoms with Crippen LogP contribution in [0, 0.1) is 11.8 Å². The minimum Gasteiger partial charge on any atom is -0.0856 e. The third kappa shape index (κ3) is 10.0. The molecule has 1 atom stereocenters. The molecule has 0 aromatic carbocycles. The van der Waals surface area contributed by atoms with Gasteiger partial charge in [-0.05, 0) is 38.0 Å². The lowest BCUT2D eigenvalue weighted by Gasteiger charge is -2.11. The van der Waals surface area contributed by atoms with E-state index in [0.717, 1.165) is 11.8 Å². The quantitative estimate of drug-likeness (QED) is 0.458. The molecule has 1 unspecified atom stereocenters. The number of hydrogen-bond acceptors (Lipinski definition) is 0. The SMILES string of the molecule is CCC(C)=CCCC(C)CCCC(C)C. The molecule has 0 aliphatic rings. The summed E-state index contributed by atoms with van der Waals surface area (Å²) < 4.78 is 0. The molecule has 0 aliphatic carbocycles. The van der Waals surface area contributed by atoms with Crippen LogP contribution < -0.4 is 0 Å². The van der Waals surface area contributed by atoms with Crippen molar-refractivity contribution in [1.29, 1.82) is 0 Å². The Morgan fingerprint density at radius 3 is 2.27 bits per heavy atom. The standard InChI is InChI=1S/C15H30/c1-6-14(4)10-8-12-15(5)11-7-9-13(2)3/h10,13,15H,6-9,11-12H2,1-5H3. The van der Waals surface area contributed by atoms with E-state index < -0.39 is 0 Å². The lowest BCUT2D eigenvalue weighted by atomic mass is 9.95. The largest absolute Gasteiger partial charge is 0.0856 e. The Morgan fingerprint density at radius 1 is 1.07 bits per heavy atom. The van der Waals surface area contributed by atoms with E-state index >= 15 is 0 Å². The highest BCUT2D eigenvalue weighted by Gasteiger charge is 2.02. The van der Waals surface area contributed by atoms with Crippen LogP contribution in [-0.4, -0.2) is 0 Å². The lowest BCUT2D eigenvalue weighted by Crippen LogP contribution is -1.96. The summed E-state index contributed by atoms with van der Waals surface area (Å²) in [5.74, 6) is 1.78. The molecule has 0 saturated heterocycles. The average molecular weight is 210 g/mol. The molecule has 0 aliphatic heterocycles. The molecule has 0 amide bonds. The van der Waals surface area contributed by atoms with Crippen LogP contribution in [0.5, 0.6) is 0 Å². The van der Waals surface area contributed by atoms with E-state index in [2.05, 4.69) is 40.7 Å². The Balaban J connectivity index is 3.45. The van der Waals surface area contributed by atoms with Crippen molar-refractivity contribution in [2.75, 3.05) is 0 Å². The fourth-order valence-electron chi connectivity index (χ4n) is 1.78. The van der Waals surface area contributed by atoms with Crippen LogP contribution in [0.1, 0.15) is 73.1 Å². The highest BCUT2D eigenvalue weighted by atomic mass is 14.1. The number of hydrogen-bond donors (Lipinski definition) is 0. The molecular formula is C15H30. The summed E-state index contributed by atoms with van der Waals surface area (Å²) in [7, 11) is 0. The van der Waals surface area contributed by atoms with E-state index in [-0.39, 0.29) is 0 Å². The van der Waals surface area contributed by atoms with Gasteiger partial charge in [-0.1, -0.05) is 58.6 Å². The van der Waals surface area contributed by atoms with Crippen molar-refractivity contribution >= 4 is 0 Å². The van der Waals surface area contributed by atoms with Gasteiger partial charge in [0, 0.05) is 0 Å². The first-order chi connectivity index (χ1) is 7.06. The minimum absolute atomic E-state index is 0.874. The van der Waals surface area contributed by atoms with Gasteiger partial charge in [-0.2, -0.15) is 0 Å². The van der Waals surface area contributed by atoms with E-state index in [4.69, 9.17) is 0 Å². The summed E-state index contributed by atoms with van der Waals surface area (Å²) in [5.41, 5.74) is 1.55. The van der Waals surface area contributed by atoms with Crippen LogP contribution in [0.2, 0.25) is 0 Å². The van der Waals surface area contributed by atoms with Crippen molar-refractivity contribution in [2.24, 2.45) is 11.8 Å². The van der Waals surface area contributed by atoms with E-state index in [9.17, 15) is 0 Å². The minimum atomic E-state index is 0.874. The zero-order valence-corrected chi connectivity index (χ0v) is 11.5. The molecule has 0 aromatic rings. The van der Waals surface area contributed by atoms with Gasteiger partial charge in [-0.25, -0.2) is 0 Å². The third-order valence-corrected chi connectivity index (χ3v) is 3.19. The smallest absolute Gasteiger partial charge is 0.0346 e. The first-order valence-corrected chi connectivity index (χ1v) is 6.71. The van der Waals surface area contributed by atoms with Gasteiger partial charge >= 0.3 is 0 Å². The van der Waals surface area contributed by atoms with Gasteiger partial charge in [0.25, 0.3) is 0 Å². The van der Waals surface area contributed by atoms with Gasteiger partial charge in [0.15, 0.2) is 0 Å². The number of rotatable bonds is 8. The Kier molecular flexibility index (Phi) is 8.85. The summed E-state index contributed by atoms with van der Waals surface area (Å²) in [5, 5.41) is 0. The molecule has 0 rings (SSSR count). The highest BCUT2D eigenvalue weighted by molar-refractivity contribution is 4.96. The van der Waals surface area contributed by atoms with E-state index in [1.54, 1.807) is 5.57 Å². The predicted molar refractivity (Wildman–Crippen MR) is 71.1 cm³/mol. The van der Waals surface area contributed by atoms with Crippen molar-refractivity contribution in [2.45, 2.75) is 73.1 Å². The van der Waals surface area contributed by atoms with Gasteiger partial charge in [-0.15, -0.1) is 0 Å². The summed E-state index contributed by atoms with van der Waals surface area (Å²) in [4.78, 5) is 0. The molecule has 0 radical (unpaired) electrons. The highest BCUT2D eigenvalue weighted by Crippen LogP contribution is 2.17. The molecule has 0 spiro atoms. The second-order valence-corrected chi connectivity index (χ2v) is 5.41. The van der Waals surface area contributed by atoms with Gasteiger partial charge in [0.1, 0.15) is 0 Å². The van der Waals surface area contributed by atoms with E-state index in [0.29, 0.717) is 0 Å². The normalized spacial score (nSPS) is 14.7. The molecule has 90 valence electrons. The summed E-state index contributed by atoms with van der Waals surface area (Å²) >= 11 is 0. The van der Waals surface area contributed by atoms with Crippen molar-refractivity contribution in [1.82, 2.24) is 0 Å². The van der Waals surface area contributed by atoms with Crippen LogP contribution >= 0.6 is 0 Å². The van der Waals surface area contributed by atoms with Crippen LogP contribution in [0.3, 0.4) is 0 Å². The Bertz CT molecular complexity index is 165. The average Bonchev–Trinajstić information content (AvgIpc) is 2.17. The molecular weight excluding hydrogens is 180 g/mol. The summed E-state index contributed by atoms with van der Waals surface area (Å²) in [6, 6.07) is 0. The van der Waals surface area contributed by atoms with Crippen molar-refractivity contribution < 1.29 is 0 Å². The Hall–Kier alpha value is -0.260. The molecule has 0 saturated carbocycles. The van der Waals surface area contributed by atoms with Gasteiger partial charge in [-0.3, -0.25) is 0 Å². The van der Waals surface area contributed by atoms with Gasteiger partial charge in [0.05, 0.1) is 0 Å². The van der Waals surface area contributed by atoms with E-state index in [1.807, 2.05) is 0 Å². The van der Waals surface area contributed by atoms with Gasteiger partial charge < -0.3 is 0 Å². The first-order valence-electron chi connectivity index (χ1n) is 6.71. The van der Waals surface area contributed by atoms with Gasteiger partial charge in [0.2, 0.25) is 0 Å². The molecule has 0 bridgehead atoms. The second-order valence-electron chi connectivity index (χ2n) is 5.41. The molecule has 0 aromatic heterocycles. The van der Waals surface area contributed by atoms with Crippen molar-refractivity contribution in [3.8, 4) is 0 Å². The van der Waals surface area contributed by atoms with E-state index in [1.165, 1.54) is 38.5 Å². The van der Waals surface area contributed by atoms with Crippen LogP contribution in [-0.2, 0) is 0 Å².